The minimum absolute atomic E-state index is 0.0305. The van der Waals surface area contributed by atoms with Crippen LogP contribution in [0.3, 0.4) is 0 Å². The van der Waals surface area contributed by atoms with Crippen LogP contribution in [0.15, 0.2) is 6.33 Å². The van der Waals surface area contributed by atoms with E-state index in [9.17, 15) is 9.59 Å². The maximum atomic E-state index is 10.0. The van der Waals surface area contributed by atoms with E-state index in [1.54, 1.807) is 0 Å². The highest BCUT2D eigenvalue weighted by Crippen LogP contribution is 1.82. The van der Waals surface area contributed by atoms with Crippen molar-refractivity contribution >= 4 is 12.6 Å². The number of hydrogen-bond donors (Lipinski definition) is 0. The molecule has 0 spiro atoms. The van der Waals surface area contributed by atoms with E-state index in [0.717, 1.165) is 6.33 Å². The fraction of sp³-hybridized carbons (Fsp3) is 0. The molecule has 50 valence electrons. The zero-order chi connectivity index (χ0) is 7.40. The second kappa shape index (κ2) is 2.77. The van der Waals surface area contributed by atoms with Crippen molar-refractivity contribution in [2.45, 2.75) is 0 Å². The molecule has 1 aromatic rings. The van der Waals surface area contributed by atoms with Crippen molar-refractivity contribution in [2.75, 3.05) is 0 Å². The monoisotopic (exact) mass is 137 g/mol. The Hall–Kier alpha value is -1.65. The van der Waals surface area contributed by atoms with Gasteiger partial charge in [0.25, 0.3) is 0 Å². The summed E-state index contributed by atoms with van der Waals surface area (Å²) in [4.78, 5) is 30.4. The topological polar surface area (TPSA) is 72.8 Å². The van der Waals surface area contributed by atoms with E-state index in [-0.39, 0.29) is 11.6 Å². The van der Waals surface area contributed by atoms with Gasteiger partial charge in [0.15, 0.2) is 24.2 Å². The van der Waals surface area contributed by atoms with Crippen molar-refractivity contribution in [3.63, 3.8) is 0 Å². The van der Waals surface area contributed by atoms with Gasteiger partial charge in [0, 0.05) is 0 Å². The number of aromatic nitrogens is 3. The van der Waals surface area contributed by atoms with Crippen LogP contribution in [0.5, 0.6) is 0 Å². The van der Waals surface area contributed by atoms with E-state index < -0.39 is 0 Å². The highest BCUT2D eigenvalue weighted by molar-refractivity contribution is 5.72. The SMILES string of the molecule is O=Cc1ncnc(C=O)n1. The molecule has 0 unspecified atom stereocenters. The van der Waals surface area contributed by atoms with E-state index in [0.29, 0.717) is 12.6 Å². The van der Waals surface area contributed by atoms with E-state index in [2.05, 4.69) is 15.0 Å². The van der Waals surface area contributed by atoms with E-state index in [1.165, 1.54) is 0 Å². The zero-order valence-corrected chi connectivity index (χ0v) is 4.89. The number of carbonyl (C=O) groups is 2. The van der Waals surface area contributed by atoms with E-state index >= 15 is 0 Å². The number of nitrogens with zero attached hydrogens (tertiary/aromatic N) is 3. The van der Waals surface area contributed by atoms with Crippen LogP contribution in [0.2, 0.25) is 0 Å². The third-order valence-electron chi connectivity index (χ3n) is 0.820. The molecule has 5 heteroatoms. The second-order valence-corrected chi connectivity index (χ2v) is 1.44. The van der Waals surface area contributed by atoms with Crippen molar-refractivity contribution in [1.82, 2.24) is 15.0 Å². The average Bonchev–Trinajstić information content (AvgIpc) is 2.05. The summed E-state index contributed by atoms with van der Waals surface area (Å²) in [5.41, 5.74) is 0. The fourth-order valence-electron chi connectivity index (χ4n) is 0.436. The number of hydrogen-bond acceptors (Lipinski definition) is 5. The lowest BCUT2D eigenvalue weighted by Crippen LogP contribution is -1.99. The lowest BCUT2D eigenvalue weighted by Gasteiger charge is -1.86. The maximum Gasteiger partial charge on any atom is 0.196 e. The molecule has 0 aliphatic rings. The molecular weight excluding hydrogens is 134 g/mol. The third-order valence-corrected chi connectivity index (χ3v) is 0.820. The summed E-state index contributed by atoms with van der Waals surface area (Å²) in [7, 11) is 0. The van der Waals surface area contributed by atoms with Crippen molar-refractivity contribution < 1.29 is 9.59 Å². The lowest BCUT2D eigenvalue weighted by atomic mass is 10.6. The van der Waals surface area contributed by atoms with Crippen LogP contribution < -0.4 is 0 Å². The molecule has 0 N–H and O–H groups in total. The highest BCUT2D eigenvalue weighted by atomic mass is 16.1. The molecule has 0 fully saturated rings. The van der Waals surface area contributed by atoms with Crippen LogP contribution in [0.1, 0.15) is 21.2 Å². The Balaban J connectivity index is 3.09. The molecule has 0 bridgehead atoms. The smallest absolute Gasteiger partial charge is 0.196 e. The molecule has 0 saturated carbocycles. The predicted octanol–water partition coefficient (Wildman–Crippen LogP) is -0.503. The Bertz CT molecular complexity index is 238. The third kappa shape index (κ3) is 1.19. The van der Waals surface area contributed by atoms with Crippen molar-refractivity contribution in [3.05, 3.63) is 18.0 Å². The molecule has 0 amide bonds. The number of aldehydes is 2. The van der Waals surface area contributed by atoms with Gasteiger partial charge in [0.1, 0.15) is 6.33 Å². The molecular formula is C5H3N3O2. The standard InChI is InChI=1S/C5H3N3O2/c9-1-4-6-3-7-5(2-10)8-4/h1-3H. The molecule has 10 heavy (non-hydrogen) atoms. The molecule has 1 heterocycles. The highest BCUT2D eigenvalue weighted by Gasteiger charge is 1.95. The van der Waals surface area contributed by atoms with Crippen molar-refractivity contribution in [1.29, 1.82) is 0 Å². The van der Waals surface area contributed by atoms with E-state index in [4.69, 9.17) is 0 Å². The summed E-state index contributed by atoms with van der Waals surface area (Å²) >= 11 is 0. The van der Waals surface area contributed by atoms with Crippen LogP contribution in [0, 0.1) is 0 Å². The molecule has 0 aliphatic carbocycles. The predicted molar refractivity (Wildman–Crippen MR) is 30.6 cm³/mol. The Morgan fingerprint density at radius 1 is 1.10 bits per heavy atom. The minimum Gasteiger partial charge on any atom is -0.294 e. The van der Waals surface area contributed by atoms with Gasteiger partial charge in [0.2, 0.25) is 0 Å². The maximum absolute atomic E-state index is 10.0. The summed E-state index contributed by atoms with van der Waals surface area (Å²) in [6.07, 6.45) is 2.02. The zero-order valence-electron chi connectivity index (χ0n) is 4.89. The summed E-state index contributed by atoms with van der Waals surface area (Å²) in [6, 6.07) is 0. The minimum atomic E-state index is -0.0305. The quantitative estimate of drug-likeness (QED) is 0.513. The number of carbonyl (C=O) groups excluding carboxylic acids is 2. The Labute approximate surface area is 56.1 Å². The van der Waals surface area contributed by atoms with Crippen molar-refractivity contribution in [3.8, 4) is 0 Å². The van der Waals surface area contributed by atoms with Crippen LogP contribution in [0.4, 0.5) is 0 Å². The van der Waals surface area contributed by atoms with Crippen LogP contribution in [-0.2, 0) is 0 Å². The molecule has 0 aliphatic heterocycles. The molecule has 1 aromatic heterocycles. The van der Waals surface area contributed by atoms with Gasteiger partial charge in [-0.3, -0.25) is 9.59 Å². The average molecular weight is 137 g/mol. The van der Waals surface area contributed by atoms with E-state index in [1.807, 2.05) is 0 Å². The van der Waals surface area contributed by atoms with Crippen LogP contribution in [-0.4, -0.2) is 27.5 Å². The summed E-state index contributed by atoms with van der Waals surface area (Å²) < 4.78 is 0. The van der Waals surface area contributed by atoms with Gasteiger partial charge in [-0.25, -0.2) is 15.0 Å². The Morgan fingerprint density at radius 2 is 1.60 bits per heavy atom. The first-order chi connectivity index (χ1) is 4.86. The van der Waals surface area contributed by atoms with Gasteiger partial charge in [-0.05, 0) is 0 Å². The summed E-state index contributed by atoms with van der Waals surface area (Å²) in [6.45, 7) is 0. The molecule has 5 nitrogen and oxygen atoms in total. The Morgan fingerprint density at radius 3 is 2.00 bits per heavy atom. The lowest BCUT2D eigenvalue weighted by molar-refractivity contribution is 0.111. The molecule has 0 saturated heterocycles. The second-order valence-electron chi connectivity index (χ2n) is 1.44. The van der Waals surface area contributed by atoms with Gasteiger partial charge in [-0.1, -0.05) is 0 Å². The molecule has 0 atom stereocenters. The Kier molecular flexibility index (Phi) is 1.79. The molecule has 1 rings (SSSR count). The van der Waals surface area contributed by atoms with Gasteiger partial charge in [-0.2, -0.15) is 0 Å². The molecule has 0 radical (unpaired) electrons. The first-order valence-corrected chi connectivity index (χ1v) is 2.46. The van der Waals surface area contributed by atoms with Gasteiger partial charge in [0.05, 0.1) is 0 Å². The first-order valence-electron chi connectivity index (χ1n) is 2.46. The largest absolute Gasteiger partial charge is 0.294 e. The molecule has 0 aromatic carbocycles. The normalized spacial score (nSPS) is 8.80. The summed E-state index contributed by atoms with van der Waals surface area (Å²) in [5, 5.41) is 0. The van der Waals surface area contributed by atoms with Crippen LogP contribution in [0.25, 0.3) is 0 Å². The van der Waals surface area contributed by atoms with Gasteiger partial charge in [-0.15, -0.1) is 0 Å². The fourth-order valence-corrected chi connectivity index (χ4v) is 0.436. The summed E-state index contributed by atoms with van der Waals surface area (Å²) in [5.74, 6) is -0.0609. The van der Waals surface area contributed by atoms with Gasteiger partial charge >= 0.3 is 0 Å². The van der Waals surface area contributed by atoms with Gasteiger partial charge < -0.3 is 0 Å². The van der Waals surface area contributed by atoms with Crippen LogP contribution >= 0.6 is 0 Å². The van der Waals surface area contributed by atoms with Crippen molar-refractivity contribution in [2.24, 2.45) is 0 Å². The first kappa shape index (κ1) is 6.47. The number of rotatable bonds is 2.